The average Bonchev–Trinajstić information content (AvgIpc) is 2.84. The van der Waals surface area contributed by atoms with Crippen LogP contribution in [0.5, 0.6) is 11.5 Å². The summed E-state index contributed by atoms with van der Waals surface area (Å²) in [5.74, 6) is -0.206. The van der Waals surface area contributed by atoms with Crippen molar-refractivity contribution in [3.8, 4) is 11.5 Å². The highest BCUT2D eigenvalue weighted by Crippen LogP contribution is 2.45. The molecule has 0 aliphatic carbocycles. The minimum absolute atomic E-state index is 0.105. The minimum atomic E-state index is -2.40. The number of rotatable bonds is 7. The molecule has 1 heterocycles. The predicted octanol–water partition coefficient (Wildman–Crippen LogP) is 5.85. The summed E-state index contributed by atoms with van der Waals surface area (Å²) in [6, 6.07) is -0.124. The van der Waals surface area contributed by atoms with Crippen LogP contribution in [-0.2, 0) is 24.8 Å². The maximum absolute atomic E-state index is 13.9. The SMILES string of the molecule is CC(=O)OC[C@@H]1CSCc2c(O[Si](C)(C)C(C)(C)C)cc(O[Si](C)(C)C(C)(C)C)c(C)c2C(=O)OC[C@H](NC(=O)O)C(=O)N1. The zero-order chi connectivity index (χ0) is 33.8. The molecule has 1 aliphatic rings. The Balaban J connectivity index is 2.78. The summed E-state index contributed by atoms with van der Waals surface area (Å²) in [4.78, 5) is 49.9. The number of carboxylic acid groups (broad SMARTS) is 1. The van der Waals surface area contributed by atoms with Crippen LogP contribution in [0.25, 0.3) is 0 Å². The lowest BCUT2D eigenvalue weighted by Crippen LogP contribution is -2.53. The van der Waals surface area contributed by atoms with Crippen LogP contribution in [0.1, 0.15) is 70.0 Å². The van der Waals surface area contributed by atoms with E-state index in [-0.39, 0.29) is 22.2 Å². The van der Waals surface area contributed by atoms with Crippen LogP contribution in [-0.4, -0.2) is 76.7 Å². The van der Waals surface area contributed by atoms with E-state index < -0.39 is 59.3 Å². The molecule has 1 aromatic rings. The number of hydrogen-bond donors (Lipinski definition) is 3. The Kier molecular flexibility index (Phi) is 12.0. The Morgan fingerprint density at radius 2 is 1.59 bits per heavy atom. The van der Waals surface area contributed by atoms with Crippen molar-refractivity contribution in [3.63, 3.8) is 0 Å². The van der Waals surface area contributed by atoms with Crippen LogP contribution in [0.15, 0.2) is 6.07 Å². The number of carbonyl (C=O) groups is 4. The molecular weight excluding hydrogens is 621 g/mol. The van der Waals surface area contributed by atoms with Crippen LogP contribution in [0.4, 0.5) is 4.79 Å². The van der Waals surface area contributed by atoms with Gasteiger partial charge in [0.1, 0.15) is 30.8 Å². The average molecular weight is 671 g/mol. The summed E-state index contributed by atoms with van der Waals surface area (Å²) in [5, 5.41) is 14.0. The third-order valence-corrected chi connectivity index (χ3v) is 18.4. The molecule has 0 radical (unpaired) electrons. The first-order chi connectivity index (χ1) is 20.0. The van der Waals surface area contributed by atoms with Gasteiger partial charge in [0, 0.05) is 35.6 Å². The van der Waals surface area contributed by atoms with E-state index in [1.807, 2.05) is 6.07 Å². The molecule has 1 aliphatic heterocycles. The fraction of sp³-hybridized carbons (Fsp3) is 0.667. The van der Waals surface area contributed by atoms with Gasteiger partial charge in [0.25, 0.3) is 0 Å². The second-order valence-corrected chi connectivity index (χ2v) is 24.7. The van der Waals surface area contributed by atoms with Gasteiger partial charge in [0.15, 0.2) is 0 Å². The number of thioether (sulfide) groups is 1. The number of benzene rings is 1. The number of carbonyl (C=O) groups excluding carboxylic acids is 3. The van der Waals surface area contributed by atoms with Gasteiger partial charge in [-0.1, -0.05) is 41.5 Å². The molecule has 0 bridgehead atoms. The van der Waals surface area contributed by atoms with E-state index >= 15 is 0 Å². The van der Waals surface area contributed by atoms with Crippen LogP contribution in [0.2, 0.25) is 36.3 Å². The molecule has 0 saturated heterocycles. The summed E-state index contributed by atoms with van der Waals surface area (Å²) >= 11 is 1.42. The molecule has 2 amide bonds. The first-order valence-electron chi connectivity index (χ1n) is 14.7. The topological polar surface area (TPSA) is 149 Å². The van der Waals surface area contributed by atoms with Gasteiger partial charge in [-0.25, -0.2) is 9.59 Å². The van der Waals surface area contributed by atoms with Crippen molar-refractivity contribution in [1.29, 1.82) is 0 Å². The van der Waals surface area contributed by atoms with Crippen molar-refractivity contribution in [1.82, 2.24) is 10.6 Å². The van der Waals surface area contributed by atoms with Crippen molar-refractivity contribution in [3.05, 3.63) is 22.8 Å². The number of cyclic esters (lactones) is 1. The molecule has 11 nitrogen and oxygen atoms in total. The number of ether oxygens (including phenoxy) is 2. The Morgan fingerprint density at radius 1 is 1.05 bits per heavy atom. The highest BCUT2D eigenvalue weighted by molar-refractivity contribution is 7.98. The van der Waals surface area contributed by atoms with Crippen LogP contribution in [0, 0.1) is 6.92 Å². The molecule has 1 aromatic carbocycles. The number of nitrogens with one attached hydrogen (secondary N) is 2. The molecule has 0 aromatic heterocycles. The van der Waals surface area contributed by atoms with E-state index in [1.165, 1.54) is 18.7 Å². The zero-order valence-corrected chi connectivity index (χ0v) is 31.0. The second-order valence-electron chi connectivity index (χ2n) is 14.2. The molecule has 2 atom stereocenters. The quantitative estimate of drug-likeness (QED) is 0.238. The van der Waals surface area contributed by atoms with Gasteiger partial charge in [-0.15, -0.1) is 0 Å². The molecule has 3 N–H and O–H groups in total. The molecule has 0 fully saturated rings. The highest BCUT2D eigenvalue weighted by Gasteiger charge is 2.42. The lowest BCUT2D eigenvalue weighted by molar-refractivity contribution is -0.142. The minimum Gasteiger partial charge on any atom is -0.543 e. The van der Waals surface area contributed by atoms with Crippen LogP contribution >= 0.6 is 11.8 Å². The Morgan fingerprint density at radius 3 is 2.09 bits per heavy atom. The maximum atomic E-state index is 13.9. The molecule has 0 spiro atoms. The van der Waals surface area contributed by atoms with Crippen molar-refractivity contribution in [2.45, 2.75) is 109 Å². The molecular formula is C30H50N2O9SSi2. The first kappa shape index (κ1) is 37.5. The highest BCUT2D eigenvalue weighted by atomic mass is 32.2. The Hall–Kier alpha value is -2.72. The Labute approximate surface area is 267 Å². The van der Waals surface area contributed by atoms with Gasteiger partial charge in [-0.05, 0) is 43.2 Å². The largest absolute Gasteiger partial charge is 0.543 e. The van der Waals surface area contributed by atoms with Crippen molar-refractivity contribution in [2.75, 3.05) is 19.0 Å². The van der Waals surface area contributed by atoms with E-state index in [0.717, 1.165) is 0 Å². The Bertz CT molecular complexity index is 1260. The van der Waals surface area contributed by atoms with E-state index in [4.69, 9.17) is 18.3 Å². The number of esters is 2. The van der Waals surface area contributed by atoms with E-state index in [1.54, 1.807) is 6.92 Å². The van der Waals surface area contributed by atoms with E-state index in [0.29, 0.717) is 34.1 Å². The molecule has 44 heavy (non-hydrogen) atoms. The molecule has 248 valence electrons. The molecule has 0 unspecified atom stereocenters. The van der Waals surface area contributed by atoms with Crippen molar-refractivity contribution >= 4 is 52.3 Å². The number of amides is 2. The van der Waals surface area contributed by atoms with Gasteiger partial charge in [0.2, 0.25) is 22.5 Å². The lowest BCUT2D eigenvalue weighted by Gasteiger charge is -2.39. The third-order valence-electron chi connectivity index (χ3n) is 8.55. The first-order valence-corrected chi connectivity index (χ1v) is 21.7. The van der Waals surface area contributed by atoms with Gasteiger partial charge < -0.3 is 34.1 Å². The standard InChI is InChI=1S/C30H50N2O9SSi2/c1-18-23(40-43(9,10)29(3,4)5)13-24(41-44(11,12)30(6,7)8)21-17-42-16-20(14-38-19(2)33)31-26(34)22(32-28(36)37)15-39-27(35)25(18)21/h13,20,22,32H,14-17H2,1-12H3,(H,31,34)(H,36,37)/t20-,22+/m1/s1. The van der Waals surface area contributed by atoms with Gasteiger partial charge >= 0.3 is 18.0 Å². The molecule has 0 saturated carbocycles. The van der Waals surface area contributed by atoms with Crippen LogP contribution in [0.3, 0.4) is 0 Å². The van der Waals surface area contributed by atoms with Gasteiger partial charge in [-0.3, -0.25) is 9.59 Å². The van der Waals surface area contributed by atoms with Crippen molar-refractivity contribution in [2.24, 2.45) is 0 Å². The summed E-state index contributed by atoms with van der Waals surface area (Å²) in [7, 11) is -4.76. The summed E-state index contributed by atoms with van der Waals surface area (Å²) in [6.45, 7) is 23.7. The monoisotopic (exact) mass is 670 g/mol. The van der Waals surface area contributed by atoms with Crippen LogP contribution < -0.4 is 19.5 Å². The van der Waals surface area contributed by atoms with Crippen molar-refractivity contribution < 1.29 is 42.6 Å². The third kappa shape index (κ3) is 9.64. The number of hydrogen-bond acceptors (Lipinski definition) is 9. The fourth-order valence-corrected chi connectivity index (χ4v) is 6.96. The lowest BCUT2D eigenvalue weighted by atomic mass is 10.0. The van der Waals surface area contributed by atoms with Gasteiger partial charge in [-0.2, -0.15) is 11.8 Å². The summed E-state index contributed by atoms with van der Waals surface area (Å²) in [5.41, 5.74) is 1.48. The predicted molar refractivity (Wildman–Crippen MR) is 177 cm³/mol. The second kappa shape index (κ2) is 14.1. The molecule has 2 rings (SSSR count). The maximum Gasteiger partial charge on any atom is 0.405 e. The number of fused-ring (bicyclic) bond motifs is 1. The van der Waals surface area contributed by atoms with E-state index in [9.17, 15) is 24.3 Å². The smallest absolute Gasteiger partial charge is 0.405 e. The van der Waals surface area contributed by atoms with E-state index in [2.05, 4.69) is 78.4 Å². The summed E-state index contributed by atoms with van der Waals surface area (Å²) < 4.78 is 24.4. The normalized spacial score (nSPS) is 18.9. The summed E-state index contributed by atoms with van der Waals surface area (Å²) in [6.07, 6.45) is -1.45. The zero-order valence-electron chi connectivity index (χ0n) is 28.2. The van der Waals surface area contributed by atoms with Gasteiger partial charge in [0.05, 0.1) is 11.6 Å². The molecule has 14 heteroatoms. The fourth-order valence-electron chi connectivity index (χ4n) is 3.78.